The maximum atomic E-state index is 12.2. The zero-order valence-electron chi connectivity index (χ0n) is 12.0. The van der Waals surface area contributed by atoms with Gasteiger partial charge in [-0.25, -0.2) is 0 Å². The highest BCUT2D eigenvalue weighted by atomic mass is 16.2. The highest BCUT2D eigenvalue weighted by Gasteiger charge is 2.34. The molecular weight excluding hydrogens is 226 g/mol. The number of piperidine rings is 1. The Morgan fingerprint density at radius 1 is 1.22 bits per heavy atom. The Hall–Kier alpha value is -0.610. The third-order valence-electron chi connectivity index (χ3n) is 4.25. The molecule has 4 heteroatoms. The van der Waals surface area contributed by atoms with Crippen LogP contribution >= 0.6 is 0 Å². The number of rotatable bonds is 4. The molecule has 0 aromatic carbocycles. The number of carbonyl (C=O) groups is 1. The number of hydrogen-bond acceptors (Lipinski definition) is 3. The second kappa shape index (κ2) is 6.02. The summed E-state index contributed by atoms with van der Waals surface area (Å²) < 4.78 is 0. The minimum Gasteiger partial charge on any atom is -0.327 e. The van der Waals surface area contributed by atoms with Crippen LogP contribution in [-0.4, -0.2) is 54.1 Å². The van der Waals surface area contributed by atoms with E-state index in [-0.39, 0.29) is 11.9 Å². The summed E-state index contributed by atoms with van der Waals surface area (Å²) in [6.07, 6.45) is 3.99. The fourth-order valence-electron chi connectivity index (χ4n) is 3.04. The van der Waals surface area contributed by atoms with Crippen LogP contribution in [0.2, 0.25) is 0 Å². The maximum absolute atomic E-state index is 12.2. The molecule has 1 N–H and O–H groups in total. The van der Waals surface area contributed by atoms with Crippen molar-refractivity contribution >= 4 is 5.91 Å². The van der Waals surface area contributed by atoms with Gasteiger partial charge in [0, 0.05) is 12.6 Å². The largest absolute Gasteiger partial charge is 0.327 e. The fourth-order valence-corrected chi connectivity index (χ4v) is 3.04. The molecule has 104 valence electrons. The zero-order valence-corrected chi connectivity index (χ0v) is 12.0. The maximum Gasteiger partial charge on any atom is 0.241 e. The molecule has 2 saturated heterocycles. The third kappa shape index (κ3) is 3.04. The number of likely N-dealkylation sites (tertiary alicyclic amines) is 1. The van der Waals surface area contributed by atoms with Crippen molar-refractivity contribution in [2.75, 3.05) is 26.3 Å². The average molecular weight is 253 g/mol. The highest BCUT2D eigenvalue weighted by molar-refractivity contribution is 5.84. The number of hydrogen-bond donors (Lipinski definition) is 1. The summed E-state index contributed by atoms with van der Waals surface area (Å²) in [5, 5.41) is 3.32. The van der Waals surface area contributed by atoms with E-state index in [1.807, 2.05) is 4.90 Å². The number of carbonyl (C=O) groups excluding carboxylic acids is 1. The van der Waals surface area contributed by atoms with Crippen LogP contribution in [0.4, 0.5) is 0 Å². The summed E-state index contributed by atoms with van der Waals surface area (Å²) in [7, 11) is 0. The minimum absolute atomic E-state index is 0.0264. The molecule has 0 aromatic heterocycles. The molecule has 2 atom stereocenters. The Morgan fingerprint density at radius 2 is 1.89 bits per heavy atom. The van der Waals surface area contributed by atoms with Crippen LogP contribution in [0, 0.1) is 5.92 Å². The Balaban J connectivity index is 1.84. The average Bonchev–Trinajstić information content (AvgIpc) is 2.72. The van der Waals surface area contributed by atoms with Crippen molar-refractivity contribution < 1.29 is 4.79 Å². The van der Waals surface area contributed by atoms with E-state index in [2.05, 4.69) is 31.0 Å². The van der Waals surface area contributed by atoms with Gasteiger partial charge in [0.05, 0.1) is 12.7 Å². The van der Waals surface area contributed by atoms with Crippen molar-refractivity contribution in [1.29, 1.82) is 0 Å². The molecule has 0 saturated carbocycles. The first kappa shape index (κ1) is 13.8. The molecule has 1 amide bonds. The number of amides is 1. The van der Waals surface area contributed by atoms with Gasteiger partial charge in [0.2, 0.25) is 5.91 Å². The number of nitrogens with one attached hydrogen (secondary N) is 1. The van der Waals surface area contributed by atoms with E-state index < -0.39 is 0 Å². The molecular formula is C14H27N3O. The van der Waals surface area contributed by atoms with Crippen molar-refractivity contribution in [2.24, 2.45) is 5.92 Å². The van der Waals surface area contributed by atoms with Crippen LogP contribution < -0.4 is 5.32 Å². The quantitative estimate of drug-likeness (QED) is 0.819. The van der Waals surface area contributed by atoms with Gasteiger partial charge in [0.15, 0.2) is 0 Å². The van der Waals surface area contributed by atoms with E-state index in [4.69, 9.17) is 0 Å². The lowest BCUT2D eigenvalue weighted by molar-refractivity contribution is -0.130. The smallest absolute Gasteiger partial charge is 0.241 e. The van der Waals surface area contributed by atoms with E-state index in [0.29, 0.717) is 12.0 Å². The molecule has 0 aliphatic carbocycles. The Labute approximate surface area is 111 Å². The summed E-state index contributed by atoms with van der Waals surface area (Å²) in [6, 6.07) is 0.514. The van der Waals surface area contributed by atoms with E-state index in [1.54, 1.807) is 0 Å². The first-order chi connectivity index (χ1) is 8.59. The molecule has 2 rings (SSSR count). The summed E-state index contributed by atoms with van der Waals surface area (Å²) in [6.45, 7) is 10.4. The van der Waals surface area contributed by atoms with Crippen molar-refractivity contribution in [2.45, 2.75) is 52.1 Å². The zero-order chi connectivity index (χ0) is 13.1. The Morgan fingerprint density at radius 3 is 2.44 bits per heavy atom. The van der Waals surface area contributed by atoms with Crippen LogP contribution in [0.25, 0.3) is 0 Å². The molecule has 2 aliphatic heterocycles. The lowest BCUT2D eigenvalue weighted by atomic mass is 10.0. The second-order valence-electron chi connectivity index (χ2n) is 6.09. The first-order valence-corrected chi connectivity index (χ1v) is 7.36. The first-order valence-electron chi connectivity index (χ1n) is 7.36. The molecule has 0 spiro atoms. The van der Waals surface area contributed by atoms with Crippen LogP contribution in [0.1, 0.15) is 40.0 Å². The Bertz CT molecular complexity index is 287. The van der Waals surface area contributed by atoms with Crippen LogP contribution in [-0.2, 0) is 4.79 Å². The normalized spacial score (nSPS) is 28.1. The van der Waals surface area contributed by atoms with Gasteiger partial charge in [-0.2, -0.15) is 0 Å². The van der Waals surface area contributed by atoms with Crippen molar-refractivity contribution in [3.63, 3.8) is 0 Å². The molecule has 2 aliphatic rings. The molecule has 2 fully saturated rings. The fraction of sp³-hybridized carbons (Fsp3) is 0.929. The summed E-state index contributed by atoms with van der Waals surface area (Å²) >= 11 is 0. The molecule has 2 heterocycles. The predicted molar refractivity (Wildman–Crippen MR) is 73.2 cm³/mol. The second-order valence-corrected chi connectivity index (χ2v) is 6.09. The van der Waals surface area contributed by atoms with Gasteiger partial charge in [-0.1, -0.05) is 20.3 Å². The molecule has 4 nitrogen and oxygen atoms in total. The lowest BCUT2D eigenvalue weighted by Gasteiger charge is -2.34. The predicted octanol–water partition coefficient (Wildman–Crippen LogP) is 1.27. The van der Waals surface area contributed by atoms with Gasteiger partial charge in [0.1, 0.15) is 0 Å². The summed E-state index contributed by atoms with van der Waals surface area (Å²) in [5.41, 5.74) is 0. The molecule has 0 radical (unpaired) electrons. The minimum atomic E-state index is 0.0264. The highest BCUT2D eigenvalue weighted by Crippen LogP contribution is 2.16. The van der Waals surface area contributed by atoms with Crippen LogP contribution in [0.5, 0.6) is 0 Å². The molecule has 0 aromatic rings. The van der Waals surface area contributed by atoms with Gasteiger partial charge in [0.25, 0.3) is 0 Å². The SMILES string of the molecule is CC(C)C1NCN(CC(C)N2CCCCC2)C1=O. The van der Waals surface area contributed by atoms with E-state index in [1.165, 1.54) is 32.4 Å². The lowest BCUT2D eigenvalue weighted by Crippen LogP contribution is -2.45. The molecule has 0 bridgehead atoms. The Kier molecular flexibility index (Phi) is 4.62. The van der Waals surface area contributed by atoms with E-state index in [0.717, 1.165) is 13.2 Å². The molecule has 18 heavy (non-hydrogen) atoms. The monoisotopic (exact) mass is 253 g/mol. The molecule has 2 unspecified atom stereocenters. The topological polar surface area (TPSA) is 35.6 Å². The van der Waals surface area contributed by atoms with Gasteiger partial charge < -0.3 is 4.90 Å². The van der Waals surface area contributed by atoms with Crippen molar-refractivity contribution in [3.05, 3.63) is 0 Å². The van der Waals surface area contributed by atoms with Gasteiger partial charge in [-0.3, -0.25) is 15.0 Å². The van der Waals surface area contributed by atoms with Gasteiger partial charge >= 0.3 is 0 Å². The van der Waals surface area contributed by atoms with Crippen molar-refractivity contribution in [1.82, 2.24) is 15.1 Å². The number of nitrogens with zero attached hydrogens (tertiary/aromatic N) is 2. The summed E-state index contributed by atoms with van der Waals surface area (Å²) in [5.74, 6) is 0.668. The summed E-state index contributed by atoms with van der Waals surface area (Å²) in [4.78, 5) is 16.7. The third-order valence-corrected chi connectivity index (χ3v) is 4.25. The van der Waals surface area contributed by atoms with E-state index in [9.17, 15) is 4.79 Å². The van der Waals surface area contributed by atoms with E-state index >= 15 is 0 Å². The standard InChI is InChI=1S/C14H27N3O/c1-11(2)13-14(18)17(10-15-13)9-12(3)16-7-5-4-6-8-16/h11-13,15H,4-10H2,1-3H3. The van der Waals surface area contributed by atoms with Gasteiger partial charge in [-0.05, 0) is 38.8 Å². The van der Waals surface area contributed by atoms with Crippen LogP contribution in [0.15, 0.2) is 0 Å². The van der Waals surface area contributed by atoms with Gasteiger partial charge in [-0.15, -0.1) is 0 Å². The van der Waals surface area contributed by atoms with Crippen molar-refractivity contribution in [3.8, 4) is 0 Å². The van der Waals surface area contributed by atoms with Crippen LogP contribution in [0.3, 0.4) is 0 Å².